The second-order valence-corrected chi connectivity index (χ2v) is 13.0. The number of carbonyl (C=O) groups is 1. The Morgan fingerprint density at radius 2 is 1.39 bits per heavy atom. The highest BCUT2D eigenvalue weighted by atomic mass is 16.7. The molecule has 0 bridgehead atoms. The SMILES string of the molecule is O=C(NCc1ccccc1)NCc1cccc(-c2cccc(C3OC(CN4CCN(c5ncccn5)CC4)CC(c4ccc(CO)cc4)O3)c2)c1. The van der Waals surface area contributed by atoms with Crippen molar-refractivity contribution in [2.24, 2.45) is 0 Å². The normalized spacial score (nSPS) is 19.4. The van der Waals surface area contributed by atoms with Gasteiger partial charge in [-0.05, 0) is 51.6 Å². The van der Waals surface area contributed by atoms with Crippen LogP contribution in [-0.4, -0.2) is 64.8 Å². The van der Waals surface area contributed by atoms with Crippen molar-refractivity contribution in [3.05, 3.63) is 149 Å². The summed E-state index contributed by atoms with van der Waals surface area (Å²) in [6, 6.07) is 36.0. The average molecular weight is 685 g/mol. The third-order valence-corrected chi connectivity index (χ3v) is 9.45. The molecule has 2 amide bonds. The van der Waals surface area contributed by atoms with E-state index in [0.717, 1.165) is 84.0 Å². The summed E-state index contributed by atoms with van der Waals surface area (Å²) in [6.07, 6.45) is 3.54. The van der Waals surface area contributed by atoms with Gasteiger partial charge in [0, 0.05) is 70.2 Å². The number of carbonyl (C=O) groups excluding carboxylic acids is 1. The summed E-state index contributed by atoms with van der Waals surface area (Å²) in [5, 5.41) is 15.5. The van der Waals surface area contributed by atoms with Gasteiger partial charge in [0.1, 0.15) is 0 Å². The third-order valence-electron chi connectivity index (χ3n) is 9.45. The van der Waals surface area contributed by atoms with Crippen LogP contribution in [0.4, 0.5) is 10.7 Å². The maximum absolute atomic E-state index is 12.5. The number of benzene rings is 4. The van der Waals surface area contributed by atoms with Crippen molar-refractivity contribution < 1.29 is 19.4 Å². The van der Waals surface area contributed by atoms with E-state index >= 15 is 0 Å². The predicted molar refractivity (Wildman–Crippen MR) is 197 cm³/mol. The smallest absolute Gasteiger partial charge is 0.315 e. The Labute approximate surface area is 299 Å². The van der Waals surface area contributed by atoms with E-state index in [-0.39, 0.29) is 24.8 Å². The standard InChI is InChI=1S/C41H44N6O4/c48-29-31-13-15-33(16-14-31)38-25-37(28-46-19-21-47(22-20-46)40-42-17-6-18-43-40)50-39(51-38)36-12-5-11-35(24-36)34-10-4-9-32(23-34)27-45-41(49)44-26-30-7-2-1-3-8-30/h1-18,23-24,37-39,48H,19-22,25-29H2,(H2,44,45,49). The molecule has 4 aromatic carbocycles. The maximum Gasteiger partial charge on any atom is 0.315 e. The van der Waals surface area contributed by atoms with E-state index in [1.54, 1.807) is 12.4 Å². The van der Waals surface area contributed by atoms with Crippen molar-refractivity contribution in [2.45, 2.75) is 44.6 Å². The van der Waals surface area contributed by atoms with Crippen molar-refractivity contribution in [1.82, 2.24) is 25.5 Å². The molecule has 3 heterocycles. The number of ether oxygens (including phenoxy) is 2. The lowest BCUT2D eigenvalue weighted by molar-refractivity contribution is -0.253. The van der Waals surface area contributed by atoms with Crippen LogP contribution in [0.1, 0.15) is 46.6 Å². The minimum Gasteiger partial charge on any atom is -0.392 e. The number of aliphatic hydroxyl groups is 1. The van der Waals surface area contributed by atoms with Crippen LogP contribution in [0.2, 0.25) is 0 Å². The number of nitrogens with zero attached hydrogens (tertiary/aromatic N) is 4. The number of aromatic nitrogens is 2. The van der Waals surface area contributed by atoms with Gasteiger partial charge >= 0.3 is 6.03 Å². The van der Waals surface area contributed by atoms with Crippen LogP contribution >= 0.6 is 0 Å². The minimum atomic E-state index is -0.552. The molecule has 0 spiro atoms. The first kappa shape index (κ1) is 34.3. The van der Waals surface area contributed by atoms with Crippen molar-refractivity contribution in [1.29, 1.82) is 0 Å². The molecule has 5 aromatic rings. The molecule has 262 valence electrons. The molecule has 2 aliphatic heterocycles. The van der Waals surface area contributed by atoms with Crippen molar-refractivity contribution in [2.75, 3.05) is 37.6 Å². The molecule has 1 aromatic heterocycles. The zero-order chi connectivity index (χ0) is 34.8. The van der Waals surface area contributed by atoms with Crippen LogP contribution < -0.4 is 15.5 Å². The van der Waals surface area contributed by atoms with E-state index in [2.05, 4.69) is 60.7 Å². The molecule has 0 radical (unpaired) electrons. The van der Waals surface area contributed by atoms with Crippen molar-refractivity contribution in [3.63, 3.8) is 0 Å². The van der Waals surface area contributed by atoms with Gasteiger partial charge in [0.15, 0.2) is 6.29 Å². The Bertz CT molecular complexity index is 1850. The van der Waals surface area contributed by atoms with Gasteiger partial charge in [0.2, 0.25) is 5.95 Å². The highest BCUT2D eigenvalue weighted by molar-refractivity contribution is 5.74. The zero-order valence-corrected chi connectivity index (χ0v) is 28.6. The van der Waals surface area contributed by atoms with Gasteiger partial charge in [0.25, 0.3) is 0 Å². The number of rotatable bonds is 11. The lowest BCUT2D eigenvalue weighted by atomic mass is 9.98. The Morgan fingerprint density at radius 1 is 0.706 bits per heavy atom. The molecule has 10 heteroatoms. The highest BCUT2D eigenvalue weighted by Gasteiger charge is 2.34. The molecule has 2 aliphatic rings. The molecule has 0 aliphatic carbocycles. The van der Waals surface area contributed by atoms with Crippen molar-refractivity contribution in [3.8, 4) is 11.1 Å². The Balaban J connectivity index is 1.03. The monoisotopic (exact) mass is 684 g/mol. The van der Waals surface area contributed by atoms with Gasteiger partial charge in [-0.1, -0.05) is 91.0 Å². The summed E-state index contributed by atoms with van der Waals surface area (Å²) in [7, 11) is 0. The summed E-state index contributed by atoms with van der Waals surface area (Å²) in [5.41, 5.74) is 7.03. The second kappa shape index (κ2) is 16.7. The number of urea groups is 1. The summed E-state index contributed by atoms with van der Waals surface area (Å²) < 4.78 is 13.4. The first-order valence-electron chi connectivity index (χ1n) is 17.6. The van der Waals surface area contributed by atoms with Crippen LogP contribution in [0, 0.1) is 0 Å². The fourth-order valence-corrected chi connectivity index (χ4v) is 6.65. The van der Waals surface area contributed by atoms with Crippen LogP contribution in [0.15, 0.2) is 122 Å². The zero-order valence-electron chi connectivity index (χ0n) is 28.6. The molecule has 2 fully saturated rings. The van der Waals surface area contributed by atoms with Gasteiger partial charge in [-0.2, -0.15) is 0 Å². The van der Waals surface area contributed by atoms with Crippen LogP contribution in [0.3, 0.4) is 0 Å². The first-order valence-corrected chi connectivity index (χ1v) is 17.6. The largest absolute Gasteiger partial charge is 0.392 e. The molecule has 51 heavy (non-hydrogen) atoms. The van der Waals surface area contributed by atoms with E-state index < -0.39 is 6.29 Å². The van der Waals surface area contributed by atoms with E-state index in [0.29, 0.717) is 13.1 Å². The number of anilines is 1. The predicted octanol–water partition coefficient (Wildman–Crippen LogP) is 6.00. The summed E-state index contributed by atoms with van der Waals surface area (Å²) in [6.45, 7) is 5.20. The van der Waals surface area contributed by atoms with Gasteiger partial charge < -0.3 is 30.1 Å². The van der Waals surface area contributed by atoms with Crippen molar-refractivity contribution >= 4 is 12.0 Å². The van der Waals surface area contributed by atoms with Gasteiger partial charge in [-0.15, -0.1) is 0 Å². The Morgan fingerprint density at radius 3 is 2.14 bits per heavy atom. The second-order valence-electron chi connectivity index (χ2n) is 13.0. The number of hydrogen-bond acceptors (Lipinski definition) is 8. The van der Waals surface area contributed by atoms with Gasteiger partial charge in [-0.3, -0.25) is 4.90 Å². The number of hydrogen-bond donors (Lipinski definition) is 3. The number of amides is 2. The van der Waals surface area contributed by atoms with E-state index in [1.165, 1.54) is 0 Å². The molecule has 3 N–H and O–H groups in total. The third kappa shape index (κ3) is 9.16. The molecular formula is C41H44N6O4. The lowest BCUT2D eigenvalue weighted by Gasteiger charge is -2.40. The van der Waals surface area contributed by atoms with E-state index in [9.17, 15) is 9.90 Å². The molecule has 3 atom stereocenters. The number of aliphatic hydroxyl groups excluding tert-OH is 1. The van der Waals surface area contributed by atoms with E-state index in [1.807, 2.05) is 78.9 Å². The summed E-state index contributed by atoms with van der Waals surface area (Å²) >= 11 is 0. The summed E-state index contributed by atoms with van der Waals surface area (Å²) in [4.78, 5) is 26.0. The molecule has 0 saturated carbocycles. The fraction of sp³-hybridized carbons (Fsp3) is 0.293. The van der Waals surface area contributed by atoms with Crippen LogP contribution in [-0.2, 0) is 29.2 Å². The lowest BCUT2D eigenvalue weighted by Crippen LogP contribution is -2.50. The molecular weight excluding hydrogens is 640 g/mol. The number of piperazine rings is 1. The Hall–Kier alpha value is -5.13. The van der Waals surface area contributed by atoms with Crippen LogP contribution in [0.5, 0.6) is 0 Å². The van der Waals surface area contributed by atoms with Gasteiger partial charge in [-0.25, -0.2) is 14.8 Å². The molecule has 7 rings (SSSR count). The van der Waals surface area contributed by atoms with Gasteiger partial charge in [0.05, 0.1) is 18.8 Å². The maximum atomic E-state index is 12.5. The van der Waals surface area contributed by atoms with Crippen LogP contribution in [0.25, 0.3) is 11.1 Å². The molecule has 3 unspecified atom stereocenters. The topological polar surface area (TPSA) is 112 Å². The first-order chi connectivity index (χ1) is 25.1. The Kier molecular flexibility index (Phi) is 11.3. The minimum absolute atomic E-state index is 0.00563. The van der Waals surface area contributed by atoms with E-state index in [4.69, 9.17) is 9.47 Å². The summed E-state index contributed by atoms with van der Waals surface area (Å²) in [5.74, 6) is 0.775. The fourth-order valence-electron chi connectivity index (χ4n) is 6.65. The molecule has 10 nitrogen and oxygen atoms in total. The average Bonchev–Trinajstić information content (AvgIpc) is 3.20. The molecule has 2 saturated heterocycles. The quantitative estimate of drug-likeness (QED) is 0.155. The number of nitrogens with one attached hydrogen (secondary N) is 2. The highest BCUT2D eigenvalue weighted by Crippen LogP contribution is 2.39.